The van der Waals surface area contributed by atoms with Gasteiger partial charge in [0.05, 0.1) is 12.1 Å². The molecule has 0 unspecified atom stereocenters. The van der Waals surface area contributed by atoms with Crippen molar-refractivity contribution in [3.8, 4) is 0 Å². The van der Waals surface area contributed by atoms with Gasteiger partial charge in [-0.3, -0.25) is 9.78 Å². The summed E-state index contributed by atoms with van der Waals surface area (Å²) in [6.45, 7) is 0.178. The fourth-order valence-electron chi connectivity index (χ4n) is 2.49. The summed E-state index contributed by atoms with van der Waals surface area (Å²) in [5, 5.41) is 13.5. The van der Waals surface area contributed by atoms with Crippen molar-refractivity contribution < 1.29 is 9.90 Å². The fourth-order valence-corrected chi connectivity index (χ4v) is 2.92. The summed E-state index contributed by atoms with van der Waals surface area (Å²) in [7, 11) is 0. The molecular formula is C18H15BrN2O2. The van der Waals surface area contributed by atoms with Gasteiger partial charge < -0.3 is 10.4 Å². The van der Waals surface area contributed by atoms with Gasteiger partial charge in [0, 0.05) is 33.7 Å². The lowest BCUT2D eigenvalue weighted by Gasteiger charge is -2.11. The van der Waals surface area contributed by atoms with Crippen molar-refractivity contribution in [2.75, 3.05) is 0 Å². The first-order valence-electron chi connectivity index (χ1n) is 7.20. The number of halogens is 1. The van der Waals surface area contributed by atoms with Gasteiger partial charge in [0.15, 0.2) is 0 Å². The first-order valence-corrected chi connectivity index (χ1v) is 7.99. The van der Waals surface area contributed by atoms with Crippen molar-refractivity contribution in [3.63, 3.8) is 0 Å². The van der Waals surface area contributed by atoms with E-state index < -0.39 is 0 Å². The average Bonchev–Trinajstić information content (AvgIpc) is 2.59. The number of rotatable bonds is 4. The molecule has 0 aliphatic heterocycles. The number of aliphatic hydroxyl groups is 1. The number of pyridine rings is 1. The van der Waals surface area contributed by atoms with Crippen LogP contribution in [0.2, 0.25) is 0 Å². The molecule has 0 saturated carbocycles. The standard InChI is InChI=1S/C18H15BrN2O2/c19-16-6-2-1-4-13(16)10-21-18(23)14-8-7-12-5-3-9-20-17(12)15(14)11-22/h1-9,22H,10-11H2,(H,21,23). The second-order valence-corrected chi connectivity index (χ2v) is 5.95. The number of nitrogens with zero attached hydrogens (tertiary/aromatic N) is 1. The molecule has 2 N–H and O–H groups in total. The minimum Gasteiger partial charge on any atom is -0.392 e. The number of aromatic nitrogens is 1. The van der Waals surface area contributed by atoms with Crippen LogP contribution in [0.3, 0.4) is 0 Å². The van der Waals surface area contributed by atoms with Crippen LogP contribution in [0.4, 0.5) is 0 Å². The van der Waals surface area contributed by atoms with Crippen LogP contribution in [0, 0.1) is 0 Å². The Kier molecular flexibility index (Phi) is 4.69. The molecule has 1 aromatic heterocycles. The van der Waals surface area contributed by atoms with Crippen LogP contribution in [0.1, 0.15) is 21.5 Å². The topological polar surface area (TPSA) is 62.2 Å². The van der Waals surface area contributed by atoms with E-state index in [2.05, 4.69) is 26.2 Å². The van der Waals surface area contributed by atoms with Crippen LogP contribution in [-0.2, 0) is 13.2 Å². The van der Waals surface area contributed by atoms with Gasteiger partial charge in [0.1, 0.15) is 0 Å². The van der Waals surface area contributed by atoms with Crippen LogP contribution in [0.15, 0.2) is 59.2 Å². The van der Waals surface area contributed by atoms with Crippen molar-refractivity contribution in [2.45, 2.75) is 13.2 Å². The van der Waals surface area contributed by atoms with Gasteiger partial charge in [0.25, 0.3) is 5.91 Å². The third kappa shape index (κ3) is 3.25. The molecule has 3 aromatic rings. The Morgan fingerprint density at radius 1 is 1.13 bits per heavy atom. The van der Waals surface area contributed by atoms with Gasteiger partial charge in [-0.15, -0.1) is 0 Å². The summed E-state index contributed by atoms with van der Waals surface area (Å²) >= 11 is 3.46. The van der Waals surface area contributed by atoms with E-state index >= 15 is 0 Å². The highest BCUT2D eigenvalue weighted by Gasteiger charge is 2.14. The SMILES string of the molecule is O=C(NCc1ccccc1Br)c1ccc2cccnc2c1CO. The number of hydrogen-bond donors (Lipinski definition) is 2. The van der Waals surface area contributed by atoms with Crippen LogP contribution in [0.25, 0.3) is 10.9 Å². The van der Waals surface area contributed by atoms with Crippen LogP contribution in [-0.4, -0.2) is 16.0 Å². The van der Waals surface area contributed by atoms with Gasteiger partial charge in [0.2, 0.25) is 0 Å². The lowest BCUT2D eigenvalue weighted by molar-refractivity contribution is 0.0948. The monoisotopic (exact) mass is 370 g/mol. The number of amides is 1. The van der Waals surface area contributed by atoms with Crippen molar-refractivity contribution in [1.82, 2.24) is 10.3 Å². The molecule has 0 fully saturated rings. The highest BCUT2D eigenvalue weighted by molar-refractivity contribution is 9.10. The molecule has 3 rings (SSSR count). The molecule has 23 heavy (non-hydrogen) atoms. The van der Waals surface area contributed by atoms with Crippen LogP contribution in [0.5, 0.6) is 0 Å². The minimum atomic E-state index is -0.230. The normalized spacial score (nSPS) is 10.7. The second kappa shape index (κ2) is 6.89. The Labute approximate surface area is 142 Å². The van der Waals surface area contributed by atoms with Crippen molar-refractivity contribution >= 4 is 32.7 Å². The Balaban J connectivity index is 1.88. The molecule has 0 atom stereocenters. The van der Waals surface area contributed by atoms with E-state index in [1.165, 1.54) is 0 Å². The molecule has 0 aliphatic rings. The largest absolute Gasteiger partial charge is 0.392 e. The number of hydrogen-bond acceptors (Lipinski definition) is 3. The Morgan fingerprint density at radius 3 is 2.74 bits per heavy atom. The highest BCUT2D eigenvalue weighted by atomic mass is 79.9. The predicted molar refractivity (Wildman–Crippen MR) is 93.0 cm³/mol. The molecular weight excluding hydrogens is 356 g/mol. The van der Waals surface area contributed by atoms with Gasteiger partial charge in [-0.25, -0.2) is 0 Å². The molecule has 0 aliphatic carbocycles. The summed E-state index contributed by atoms with van der Waals surface area (Å²) in [6, 6.07) is 15.0. The number of benzene rings is 2. The van der Waals surface area contributed by atoms with E-state index in [9.17, 15) is 9.90 Å². The zero-order valence-electron chi connectivity index (χ0n) is 12.3. The molecule has 116 valence electrons. The van der Waals surface area contributed by atoms with Crippen LogP contribution < -0.4 is 5.32 Å². The maximum absolute atomic E-state index is 12.5. The van der Waals surface area contributed by atoms with Crippen LogP contribution >= 0.6 is 15.9 Å². The zero-order chi connectivity index (χ0) is 16.2. The minimum absolute atomic E-state index is 0.225. The number of carbonyl (C=O) groups excluding carboxylic acids is 1. The molecule has 0 radical (unpaired) electrons. The summed E-state index contributed by atoms with van der Waals surface area (Å²) in [6.07, 6.45) is 1.66. The van der Waals surface area contributed by atoms with Gasteiger partial charge in [-0.05, 0) is 23.8 Å². The quantitative estimate of drug-likeness (QED) is 0.739. The molecule has 0 bridgehead atoms. The predicted octanol–water partition coefficient (Wildman–Crippen LogP) is 3.42. The first-order chi connectivity index (χ1) is 11.2. The molecule has 2 aromatic carbocycles. The lowest BCUT2D eigenvalue weighted by atomic mass is 10.0. The highest BCUT2D eigenvalue weighted by Crippen LogP contribution is 2.21. The number of fused-ring (bicyclic) bond motifs is 1. The summed E-state index contributed by atoms with van der Waals surface area (Å²) in [5.74, 6) is -0.225. The molecule has 1 amide bonds. The molecule has 0 spiro atoms. The van der Waals surface area contributed by atoms with Crippen molar-refractivity contribution in [3.05, 3.63) is 75.9 Å². The van der Waals surface area contributed by atoms with E-state index in [4.69, 9.17) is 0 Å². The summed E-state index contributed by atoms with van der Waals surface area (Å²) in [5.41, 5.74) is 2.65. The van der Waals surface area contributed by atoms with E-state index in [0.717, 1.165) is 15.4 Å². The third-order valence-corrected chi connectivity index (χ3v) is 4.45. The molecule has 0 saturated heterocycles. The van der Waals surface area contributed by atoms with E-state index in [1.807, 2.05) is 42.5 Å². The second-order valence-electron chi connectivity index (χ2n) is 5.10. The maximum atomic E-state index is 12.5. The summed E-state index contributed by atoms with van der Waals surface area (Å²) in [4.78, 5) is 16.8. The maximum Gasteiger partial charge on any atom is 0.251 e. The van der Waals surface area contributed by atoms with E-state index in [-0.39, 0.29) is 12.5 Å². The Morgan fingerprint density at radius 2 is 1.96 bits per heavy atom. The molecule has 5 heteroatoms. The third-order valence-electron chi connectivity index (χ3n) is 3.68. The average molecular weight is 371 g/mol. The van der Waals surface area contributed by atoms with Gasteiger partial charge in [-0.1, -0.05) is 46.3 Å². The summed E-state index contributed by atoms with van der Waals surface area (Å²) < 4.78 is 0.947. The molecule has 4 nitrogen and oxygen atoms in total. The lowest BCUT2D eigenvalue weighted by Crippen LogP contribution is -2.24. The Hall–Kier alpha value is -2.24. The van der Waals surface area contributed by atoms with Crippen molar-refractivity contribution in [1.29, 1.82) is 0 Å². The first kappa shape index (κ1) is 15.6. The zero-order valence-corrected chi connectivity index (χ0v) is 13.9. The molecule has 1 heterocycles. The number of nitrogens with one attached hydrogen (secondary N) is 1. The Bertz CT molecular complexity index is 865. The van der Waals surface area contributed by atoms with Gasteiger partial charge in [-0.2, -0.15) is 0 Å². The fraction of sp³-hybridized carbons (Fsp3) is 0.111. The van der Waals surface area contributed by atoms with E-state index in [0.29, 0.717) is 23.2 Å². The van der Waals surface area contributed by atoms with E-state index in [1.54, 1.807) is 12.3 Å². The number of carbonyl (C=O) groups is 1. The smallest absolute Gasteiger partial charge is 0.251 e. The number of aliphatic hydroxyl groups excluding tert-OH is 1. The van der Waals surface area contributed by atoms with Crippen molar-refractivity contribution in [2.24, 2.45) is 0 Å². The van der Waals surface area contributed by atoms with Gasteiger partial charge >= 0.3 is 0 Å².